The lowest BCUT2D eigenvalue weighted by atomic mass is 9.86. The van der Waals surface area contributed by atoms with Crippen molar-refractivity contribution in [3.05, 3.63) is 71.2 Å². The molecule has 0 radical (unpaired) electrons. The van der Waals surface area contributed by atoms with Crippen molar-refractivity contribution in [2.24, 2.45) is 5.92 Å². The quantitative estimate of drug-likeness (QED) is 0.532. The van der Waals surface area contributed by atoms with Crippen LogP contribution in [0.5, 0.6) is 0 Å². The number of H-pyrrole nitrogens is 1. The van der Waals surface area contributed by atoms with Gasteiger partial charge in [-0.05, 0) is 55.0 Å². The van der Waals surface area contributed by atoms with Gasteiger partial charge in [0, 0.05) is 24.0 Å². The number of rotatable bonds is 6. The van der Waals surface area contributed by atoms with E-state index >= 15 is 0 Å². The van der Waals surface area contributed by atoms with E-state index in [2.05, 4.69) is 10.3 Å². The normalized spacial score (nSPS) is 20.4. The van der Waals surface area contributed by atoms with Crippen molar-refractivity contribution in [3.63, 3.8) is 0 Å². The second-order valence-corrected chi connectivity index (χ2v) is 9.82. The molecular formula is C27H29FN4O3. The number of fused-ring (bicyclic) bond motifs is 5. The van der Waals surface area contributed by atoms with E-state index in [1.54, 1.807) is 24.0 Å². The summed E-state index contributed by atoms with van der Waals surface area (Å²) in [7, 11) is 0. The molecule has 2 aliphatic rings. The number of nitrogens with one attached hydrogen (secondary N) is 2. The number of carbonyl (C=O) groups excluding carboxylic acids is 3. The first-order chi connectivity index (χ1) is 16.7. The molecule has 0 aliphatic carbocycles. The van der Waals surface area contributed by atoms with E-state index in [0.717, 1.165) is 32.6 Å². The lowest BCUT2D eigenvalue weighted by molar-refractivity contribution is -0.140. The van der Waals surface area contributed by atoms with Crippen LogP contribution >= 0.6 is 0 Å². The summed E-state index contributed by atoms with van der Waals surface area (Å²) >= 11 is 0. The van der Waals surface area contributed by atoms with E-state index < -0.39 is 29.4 Å². The predicted molar refractivity (Wildman–Crippen MR) is 130 cm³/mol. The SMILES string of the molecule is CC(C)C(C(=O)NCCc1cccc(F)c1)N1C(=O)N2CCc3c([nH]c4ccccc34)C2(C)C1=O. The zero-order valence-corrected chi connectivity index (χ0v) is 20.1. The molecule has 1 saturated heterocycles. The van der Waals surface area contributed by atoms with Crippen LogP contribution in [0.15, 0.2) is 48.5 Å². The Labute approximate surface area is 203 Å². The first-order valence-corrected chi connectivity index (χ1v) is 12.0. The smallest absolute Gasteiger partial charge is 0.328 e. The molecule has 3 aromatic rings. The molecule has 0 spiro atoms. The van der Waals surface area contributed by atoms with Crippen molar-refractivity contribution >= 4 is 28.7 Å². The molecule has 3 heterocycles. The van der Waals surface area contributed by atoms with Crippen molar-refractivity contribution in [2.45, 2.75) is 45.2 Å². The van der Waals surface area contributed by atoms with E-state index in [1.807, 2.05) is 38.1 Å². The lowest BCUT2D eigenvalue weighted by Crippen LogP contribution is -2.53. The average Bonchev–Trinajstić information content (AvgIpc) is 3.29. The van der Waals surface area contributed by atoms with E-state index in [4.69, 9.17) is 0 Å². The summed E-state index contributed by atoms with van der Waals surface area (Å²) in [5, 5.41) is 3.90. The van der Waals surface area contributed by atoms with Crippen molar-refractivity contribution in [1.82, 2.24) is 20.1 Å². The fraction of sp³-hybridized carbons (Fsp3) is 0.370. The summed E-state index contributed by atoms with van der Waals surface area (Å²) < 4.78 is 13.5. The van der Waals surface area contributed by atoms with Gasteiger partial charge in [-0.15, -0.1) is 0 Å². The Hall–Kier alpha value is -3.68. The van der Waals surface area contributed by atoms with E-state index in [-0.39, 0.29) is 18.3 Å². The molecular weight excluding hydrogens is 447 g/mol. The monoisotopic (exact) mass is 476 g/mol. The van der Waals surface area contributed by atoms with E-state index in [0.29, 0.717) is 19.4 Å². The zero-order chi connectivity index (χ0) is 24.9. The van der Waals surface area contributed by atoms with Crippen molar-refractivity contribution < 1.29 is 18.8 Å². The number of nitrogens with zero attached hydrogens (tertiary/aromatic N) is 2. The number of para-hydroxylation sites is 1. The summed E-state index contributed by atoms with van der Waals surface area (Å²) in [4.78, 5) is 46.8. The molecule has 2 atom stereocenters. The number of aromatic nitrogens is 1. The second kappa shape index (κ2) is 8.52. The van der Waals surface area contributed by atoms with Gasteiger partial charge in [0.25, 0.3) is 5.91 Å². The third-order valence-corrected chi connectivity index (χ3v) is 7.28. The number of hydrogen-bond acceptors (Lipinski definition) is 3. The maximum Gasteiger partial charge on any atom is 0.328 e. The molecule has 2 aromatic carbocycles. The van der Waals surface area contributed by atoms with Gasteiger partial charge in [0.1, 0.15) is 11.9 Å². The van der Waals surface area contributed by atoms with Crippen LogP contribution in [0.3, 0.4) is 0 Å². The predicted octanol–water partition coefficient (Wildman–Crippen LogP) is 3.73. The largest absolute Gasteiger partial charge is 0.356 e. The Morgan fingerprint density at radius 3 is 2.69 bits per heavy atom. The minimum atomic E-state index is -1.20. The zero-order valence-electron chi connectivity index (χ0n) is 20.1. The summed E-state index contributed by atoms with van der Waals surface area (Å²) in [6.07, 6.45) is 1.08. The first kappa shape index (κ1) is 23.1. The topological polar surface area (TPSA) is 85.5 Å². The summed E-state index contributed by atoms with van der Waals surface area (Å²) in [6, 6.07) is 12.7. The molecule has 182 valence electrons. The summed E-state index contributed by atoms with van der Waals surface area (Å²) in [6.45, 7) is 6.09. The van der Waals surface area contributed by atoms with Crippen molar-refractivity contribution in [3.8, 4) is 0 Å². The first-order valence-electron chi connectivity index (χ1n) is 12.0. The molecule has 8 heteroatoms. The highest BCUT2D eigenvalue weighted by molar-refractivity contribution is 6.11. The number of imide groups is 1. The maximum absolute atomic E-state index is 13.9. The number of carbonyl (C=O) groups is 3. The highest BCUT2D eigenvalue weighted by Gasteiger charge is 2.61. The highest BCUT2D eigenvalue weighted by atomic mass is 19.1. The van der Waals surface area contributed by atoms with Crippen molar-refractivity contribution in [1.29, 1.82) is 0 Å². The molecule has 7 nitrogen and oxygen atoms in total. The third kappa shape index (κ3) is 3.59. The summed E-state index contributed by atoms with van der Waals surface area (Å²) in [5.41, 5.74) is 2.26. The van der Waals surface area contributed by atoms with Gasteiger partial charge >= 0.3 is 6.03 Å². The van der Waals surface area contributed by atoms with Gasteiger partial charge < -0.3 is 15.2 Å². The number of amides is 4. The Morgan fingerprint density at radius 1 is 1.17 bits per heavy atom. The van der Waals surface area contributed by atoms with Gasteiger partial charge in [0.05, 0.1) is 5.69 Å². The fourth-order valence-corrected chi connectivity index (χ4v) is 5.51. The second-order valence-electron chi connectivity index (χ2n) is 9.82. The molecule has 2 N–H and O–H groups in total. The van der Waals surface area contributed by atoms with Crippen LogP contribution in [-0.2, 0) is 28.0 Å². The van der Waals surface area contributed by atoms with Gasteiger partial charge in [0.15, 0.2) is 5.54 Å². The molecule has 2 aliphatic heterocycles. The fourth-order valence-electron chi connectivity index (χ4n) is 5.51. The molecule has 0 bridgehead atoms. The van der Waals surface area contributed by atoms with E-state index in [9.17, 15) is 18.8 Å². The molecule has 1 aromatic heterocycles. The van der Waals surface area contributed by atoms with Gasteiger partial charge in [-0.2, -0.15) is 0 Å². The number of benzene rings is 2. The third-order valence-electron chi connectivity index (χ3n) is 7.28. The average molecular weight is 477 g/mol. The van der Waals surface area contributed by atoms with Crippen LogP contribution < -0.4 is 5.32 Å². The number of halogens is 1. The Morgan fingerprint density at radius 2 is 1.94 bits per heavy atom. The Kier molecular flexibility index (Phi) is 5.62. The Bertz CT molecular complexity index is 1330. The van der Waals surface area contributed by atoms with Crippen LogP contribution in [0.1, 0.15) is 37.6 Å². The number of hydrogen-bond donors (Lipinski definition) is 2. The maximum atomic E-state index is 13.9. The van der Waals surface area contributed by atoms with Crippen LogP contribution in [0, 0.1) is 11.7 Å². The minimum absolute atomic E-state index is 0.273. The van der Waals surface area contributed by atoms with Crippen LogP contribution in [0.4, 0.5) is 9.18 Å². The molecule has 5 rings (SSSR count). The standard InChI is InChI=1S/C27H29FN4O3/c1-16(2)22(24(33)29-13-11-17-7-6-8-18(28)15-17)32-25(34)27(3)23-20(12-14-31(27)26(32)35)19-9-4-5-10-21(19)30-23/h4-10,15-16,22,30H,11-14H2,1-3H3,(H,29,33). The lowest BCUT2D eigenvalue weighted by Gasteiger charge is -2.36. The van der Waals surface area contributed by atoms with Crippen LogP contribution in [0.25, 0.3) is 10.9 Å². The molecule has 4 amide bonds. The molecule has 35 heavy (non-hydrogen) atoms. The number of urea groups is 1. The Balaban J connectivity index is 1.41. The molecule has 0 saturated carbocycles. The minimum Gasteiger partial charge on any atom is -0.356 e. The van der Waals surface area contributed by atoms with Gasteiger partial charge in [0.2, 0.25) is 5.91 Å². The van der Waals surface area contributed by atoms with Crippen LogP contribution in [0.2, 0.25) is 0 Å². The highest BCUT2D eigenvalue weighted by Crippen LogP contribution is 2.45. The van der Waals surface area contributed by atoms with E-state index in [1.165, 1.54) is 12.1 Å². The van der Waals surface area contributed by atoms with Gasteiger partial charge in [-0.25, -0.2) is 14.1 Å². The van der Waals surface area contributed by atoms with Gasteiger partial charge in [-0.3, -0.25) is 9.59 Å². The number of aromatic amines is 1. The molecule has 1 fully saturated rings. The molecule has 2 unspecified atom stereocenters. The van der Waals surface area contributed by atoms with Gasteiger partial charge in [-0.1, -0.05) is 44.2 Å². The summed E-state index contributed by atoms with van der Waals surface area (Å²) in [5.74, 6) is -1.40. The van der Waals surface area contributed by atoms with Crippen molar-refractivity contribution in [2.75, 3.05) is 13.1 Å². The van der Waals surface area contributed by atoms with Crippen LogP contribution in [-0.4, -0.2) is 51.8 Å².